The quantitative estimate of drug-likeness (QED) is 0.652. The lowest BCUT2D eigenvalue weighted by Gasteiger charge is -2.11. The number of aromatic nitrogens is 1. The third kappa shape index (κ3) is 3.15. The zero-order valence-electron chi connectivity index (χ0n) is 15.0. The van der Waals surface area contributed by atoms with Crippen LogP contribution in [-0.2, 0) is 4.74 Å². The number of Topliss-reactive ketones (excluding diaryl/α,β-unsaturated/α-hetero) is 1. The van der Waals surface area contributed by atoms with Gasteiger partial charge in [0.1, 0.15) is 0 Å². The molecule has 0 spiro atoms. The third-order valence-corrected chi connectivity index (χ3v) is 4.06. The van der Waals surface area contributed by atoms with Gasteiger partial charge < -0.3 is 9.84 Å². The van der Waals surface area contributed by atoms with E-state index in [0.717, 1.165) is 4.57 Å². The van der Waals surface area contributed by atoms with Gasteiger partial charge in [-0.15, -0.1) is 0 Å². The number of esters is 1. The molecule has 1 aromatic carbocycles. The highest BCUT2D eigenvalue weighted by molar-refractivity contribution is 6.11. The first-order valence-electron chi connectivity index (χ1n) is 7.99. The lowest BCUT2D eigenvalue weighted by molar-refractivity contribution is 0.0524. The number of aromatic carboxylic acids is 1. The predicted molar refractivity (Wildman–Crippen MR) is 93.0 cm³/mol. The van der Waals surface area contributed by atoms with Crippen molar-refractivity contribution in [3.63, 3.8) is 0 Å². The summed E-state index contributed by atoms with van der Waals surface area (Å²) in [4.78, 5) is 48.9. The smallest absolute Gasteiger partial charge is 0.340 e. The molecule has 0 unspecified atom stereocenters. The van der Waals surface area contributed by atoms with E-state index in [1.807, 2.05) is 0 Å². The third-order valence-electron chi connectivity index (χ3n) is 4.06. The summed E-state index contributed by atoms with van der Waals surface area (Å²) in [6, 6.07) is 5.71. The summed E-state index contributed by atoms with van der Waals surface area (Å²) in [5, 5.41) is 9.32. The Labute approximate surface area is 150 Å². The van der Waals surface area contributed by atoms with E-state index in [4.69, 9.17) is 4.74 Å². The summed E-state index contributed by atoms with van der Waals surface area (Å²) >= 11 is 0. The largest absolute Gasteiger partial charge is 0.478 e. The standard InChI is InChI=1S/C19H19NO6/c1-5-26-19(25)15-10(2)16(12(4)21)20(11(15)3)17(22)13-8-6-7-9-14(13)18(23)24/h6-9H,5H2,1-4H3,(H,23,24). The van der Waals surface area contributed by atoms with Crippen LogP contribution in [0, 0.1) is 13.8 Å². The van der Waals surface area contributed by atoms with Crippen LogP contribution < -0.4 is 0 Å². The highest BCUT2D eigenvalue weighted by Gasteiger charge is 2.30. The summed E-state index contributed by atoms with van der Waals surface area (Å²) in [6.45, 7) is 6.16. The van der Waals surface area contributed by atoms with E-state index in [-0.39, 0.29) is 34.7 Å². The lowest BCUT2D eigenvalue weighted by Crippen LogP contribution is -2.21. The molecule has 7 nitrogen and oxygen atoms in total. The Hall–Kier alpha value is -3.22. The maximum atomic E-state index is 13.1. The highest BCUT2D eigenvalue weighted by Crippen LogP contribution is 2.25. The maximum absolute atomic E-state index is 13.1. The van der Waals surface area contributed by atoms with Gasteiger partial charge in [-0.2, -0.15) is 0 Å². The van der Waals surface area contributed by atoms with Crippen molar-refractivity contribution in [2.24, 2.45) is 0 Å². The molecule has 2 aromatic rings. The molecule has 136 valence electrons. The van der Waals surface area contributed by atoms with Gasteiger partial charge in [0.15, 0.2) is 5.78 Å². The van der Waals surface area contributed by atoms with Crippen LogP contribution in [0.15, 0.2) is 24.3 Å². The van der Waals surface area contributed by atoms with Gasteiger partial charge in [0, 0.05) is 12.6 Å². The van der Waals surface area contributed by atoms with Crippen LogP contribution in [0.1, 0.15) is 66.7 Å². The minimum Gasteiger partial charge on any atom is -0.478 e. The van der Waals surface area contributed by atoms with Gasteiger partial charge >= 0.3 is 11.9 Å². The Morgan fingerprint density at radius 1 is 1.08 bits per heavy atom. The first-order valence-corrected chi connectivity index (χ1v) is 7.99. The van der Waals surface area contributed by atoms with Crippen LogP contribution in [0.25, 0.3) is 0 Å². The molecule has 0 radical (unpaired) electrons. The molecule has 0 bridgehead atoms. The number of hydrogen-bond donors (Lipinski definition) is 1. The molecule has 2 rings (SSSR count). The number of carboxylic acids is 1. The van der Waals surface area contributed by atoms with Gasteiger partial charge in [0.2, 0.25) is 0 Å². The normalized spacial score (nSPS) is 10.5. The predicted octanol–water partition coefficient (Wildman–Crippen LogP) is 2.87. The minimum absolute atomic E-state index is 0.0377. The number of carbonyl (C=O) groups is 4. The van der Waals surface area contributed by atoms with Gasteiger partial charge in [-0.25, -0.2) is 9.59 Å². The molecule has 0 atom stereocenters. The van der Waals surface area contributed by atoms with Gasteiger partial charge in [-0.05, 0) is 38.5 Å². The Bertz CT molecular complexity index is 922. The summed E-state index contributed by atoms with van der Waals surface area (Å²) in [6.07, 6.45) is 0. The van der Waals surface area contributed by atoms with E-state index < -0.39 is 23.6 Å². The van der Waals surface area contributed by atoms with Crippen molar-refractivity contribution in [1.29, 1.82) is 0 Å². The van der Waals surface area contributed by atoms with Crippen molar-refractivity contribution >= 4 is 23.6 Å². The molecule has 1 N–H and O–H groups in total. The fourth-order valence-electron chi connectivity index (χ4n) is 2.99. The second-order valence-electron chi connectivity index (χ2n) is 5.70. The van der Waals surface area contributed by atoms with Crippen molar-refractivity contribution < 1.29 is 29.0 Å². The molecule has 0 saturated heterocycles. The van der Waals surface area contributed by atoms with Gasteiger partial charge in [0.05, 0.1) is 29.0 Å². The van der Waals surface area contributed by atoms with Gasteiger partial charge in [0.25, 0.3) is 5.91 Å². The van der Waals surface area contributed by atoms with Crippen molar-refractivity contribution in [1.82, 2.24) is 4.57 Å². The zero-order valence-corrected chi connectivity index (χ0v) is 15.0. The average Bonchev–Trinajstić information content (AvgIpc) is 2.85. The number of rotatable bonds is 5. The van der Waals surface area contributed by atoms with E-state index in [1.54, 1.807) is 13.8 Å². The molecule has 0 saturated carbocycles. The molecule has 7 heteroatoms. The van der Waals surface area contributed by atoms with Crippen molar-refractivity contribution in [3.05, 3.63) is 57.9 Å². The molecule has 1 heterocycles. The second-order valence-corrected chi connectivity index (χ2v) is 5.70. The Kier molecular flexibility index (Phi) is 5.40. The van der Waals surface area contributed by atoms with Crippen molar-refractivity contribution in [2.75, 3.05) is 6.61 Å². The number of benzene rings is 1. The molecule has 0 aliphatic heterocycles. The Morgan fingerprint density at radius 3 is 2.15 bits per heavy atom. The first kappa shape index (κ1) is 19.1. The fourth-order valence-corrected chi connectivity index (χ4v) is 2.99. The maximum Gasteiger partial charge on any atom is 0.340 e. The first-order chi connectivity index (χ1) is 12.2. The minimum atomic E-state index is -1.26. The number of ether oxygens (including phenoxy) is 1. The van der Waals surface area contributed by atoms with Crippen LogP contribution in [0.2, 0.25) is 0 Å². The monoisotopic (exact) mass is 357 g/mol. The summed E-state index contributed by atoms with van der Waals surface area (Å²) in [7, 11) is 0. The highest BCUT2D eigenvalue weighted by atomic mass is 16.5. The number of nitrogens with zero attached hydrogens (tertiary/aromatic N) is 1. The molecular formula is C19H19NO6. The van der Waals surface area contributed by atoms with Gasteiger partial charge in [-0.1, -0.05) is 12.1 Å². The van der Waals surface area contributed by atoms with E-state index in [9.17, 15) is 24.3 Å². The molecule has 0 amide bonds. The SMILES string of the molecule is CCOC(=O)c1c(C)c(C(C)=O)n(C(=O)c2ccccc2C(=O)O)c1C. The topological polar surface area (TPSA) is 103 Å². The molecule has 26 heavy (non-hydrogen) atoms. The molecule has 1 aromatic heterocycles. The number of carbonyl (C=O) groups excluding carboxylic acids is 3. The summed E-state index contributed by atoms with van der Waals surface area (Å²) < 4.78 is 6.11. The van der Waals surface area contributed by atoms with E-state index in [2.05, 4.69) is 0 Å². The average molecular weight is 357 g/mol. The molecular weight excluding hydrogens is 338 g/mol. The van der Waals surface area contributed by atoms with Crippen molar-refractivity contribution in [3.8, 4) is 0 Å². The molecule has 0 aliphatic rings. The number of carboxylic acid groups (broad SMARTS) is 1. The Balaban J connectivity index is 2.76. The second kappa shape index (κ2) is 7.35. The number of ketones is 1. The van der Waals surface area contributed by atoms with Gasteiger partial charge in [-0.3, -0.25) is 14.2 Å². The summed E-state index contributed by atoms with van der Waals surface area (Å²) in [5.74, 6) is -3.00. The van der Waals surface area contributed by atoms with E-state index >= 15 is 0 Å². The zero-order chi connectivity index (χ0) is 19.6. The Morgan fingerprint density at radius 2 is 1.65 bits per heavy atom. The van der Waals surface area contributed by atoms with Crippen LogP contribution in [0.3, 0.4) is 0 Å². The molecule has 0 aliphatic carbocycles. The lowest BCUT2D eigenvalue weighted by atomic mass is 10.1. The van der Waals surface area contributed by atoms with Crippen LogP contribution >= 0.6 is 0 Å². The van der Waals surface area contributed by atoms with E-state index in [0.29, 0.717) is 5.56 Å². The summed E-state index contributed by atoms with van der Waals surface area (Å²) in [5.41, 5.74) is 0.478. The fraction of sp³-hybridized carbons (Fsp3) is 0.263. The molecule has 0 fully saturated rings. The van der Waals surface area contributed by atoms with Crippen LogP contribution in [0.4, 0.5) is 0 Å². The van der Waals surface area contributed by atoms with Crippen LogP contribution in [0.5, 0.6) is 0 Å². The van der Waals surface area contributed by atoms with E-state index in [1.165, 1.54) is 38.1 Å². The number of hydrogen-bond acceptors (Lipinski definition) is 5. The van der Waals surface area contributed by atoms with Crippen molar-refractivity contribution in [2.45, 2.75) is 27.7 Å². The van der Waals surface area contributed by atoms with Crippen LogP contribution in [-0.4, -0.2) is 39.9 Å².